The van der Waals surface area contributed by atoms with Crippen LogP contribution in [0.5, 0.6) is 0 Å². The Bertz CT molecular complexity index is 175. The molecule has 76 valence electrons. The molecule has 0 aromatic carbocycles. The quantitative estimate of drug-likeness (QED) is 0.670. The normalized spacial score (nSPS) is 27.5. The van der Waals surface area contributed by atoms with E-state index in [0.29, 0.717) is 24.8 Å². The first-order valence-electron chi connectivity index (χ1n) is 4.73. The Hall–Kier alpha value is -0.280. The molecule has 2 atom stereocenters. The molecule has 0 aromatic heterocycles. The lowest BCUT2D eigenvalue weighted by Crippen LogP contribution is -2.28. The average Bonchev–Trinajstić information content (AvgIpc) is 2.49. The summed E-state index contributed by atoms with van der Waals surface area (Å²) < 4.78 is 0. The first kappa shape index (κ1) is 10.8. The number of halogens is 1. The fraction of sp³-hybridized carbons (Fsp3) is 0.889. The number of alkyl halides is 1. The summed E-state index contributed by atoms with van der Waals surface area (Å²) in [5.74, 6) is 0.838. The number of amides is 1. The van der Waals surface area contributed by atoms with E-state index >= 15 is 0 Å². The van der Waals surface area contributed by atoms with E-state index in [9.17, 15) is 9.90 Å². The van der Waals surface area contributed by atoms with E-state index in [2.05, 4.69) is 5.32 Å². The Kier molecular flexibility index (Phi) is 4.53. The van der Waals surface area contributed by atoms with Gasteiger partial charge in [-0.2, -0.15) is 0 Å². The molecule has 0 heterocycles. The smallest absolute Gasteiger partial charge is 0.221 e. The van der Waals surface area contributed by atoms with E-state index < -0.39 is 0 Å². The molecular formula is C9H16ClNO2. The molecule has 0 aliphatic heterocycles. The van der Waals surface area contributed by atoms with Crippen molar-refractivity contribution in [2.24, 2.45) is 5.92 Å². The van der Waals surface area contributed by atoms with Gasteiger partial charge in [0.05, 0.1) is 6.10 Å². The van der Waals surface area contributed by atoms with Crippen molar-refractivity contribution < 1.29 is 9.90 Å². The highest BCUT2D eigenvalue weighted by Gasteiger charge is 2.22. The number of hydrogen-bond acceptors (Lipinski definition) is 2. The third-order valence-corrected chi connectivity index (χ3v) is 2.61. The fourth-order valence-electron chi connectivity index (χ4n) is 1.67. The van der Waals surface area contributed by atoms with Crippen molar-refractivity contribution in [3.8, 4) is 0 Å². The van der Waals surface area contributed by atoms with E-state index in [0.717, 1.165) is 19.3 Å². The Morgan fingerprint density at radius 3 is 2.85 bits per heavy atom. The van der Waals surface area contributed by atoms with Crippen molar-refractivity contribution in [3.63, 3.8) is 0 Å². The van der Waals surface area contributed by atoms with Crippen molar-refractivity contribution in [3.05, 3.63) is 0 Å². The summed E-state index contributed by atoms with van der Waals surface area (Å²) in [7, 11) is 0. The molecule has 4 heteroatoms. The van der Waals surface area contributed by atoms with Crippen LogP contribution in [-0.2, 0) is 4.79 Å². The molecule has 0 saturated heterocycles. The van der Waals surface area contributed by atoms with Crippen LogP contribution in [0.4, 0.5) is 0 Å². The van der Waals surface area contributed by atoms with Crippen molar-refractivity contribution >= 4 is 17.5 Å². The Balaban J connectivity index is 2.09. The van der Waals surface area contributed by atoms with Gasteiger partial charge < -0.3 is 10.4 Å². The molecule has 0 spiro atoms. The maximum atomic E-state index is 11.0. The Labute approximate surface area is 83.5 Å². The van der Waals surface area contributed by atoms with E-state index in [1.54, 1.807) is 0 Å². The minimum Gasteiger partial charge on any atom is -0.393 e. The highest BCUT2D eigenvalue weighted by atomic mass is 35.5. The number of aliphatic hydroxyl groups is 1. The lowest BCUT2D eigenvalue weighted by Gasteiger charge is -2.09. The average molecular weight is 206 g/mol. The Morgan fingerprint density at radius 2 is 2.31 bits per heavy atom. The van der Waals surface area contributed by atoms with Crippen LogP contribution in [0.15, 0.2) is 0 Å². The zero-order chi connectivity index (χ0) is 9.68. The predicted molar refractivity (Wildman–Crippen MR) is 51.7 cm³/mol. The summed E-state index contributed by atoms with van der Waals surface area (Å²) in [4.78, 5) is 11.0. The van der Waals surface area contributed by atoms with E-state index in [1.807, 2.05) is 0 Å². The van der Waals surface area contributed by atoms with Gasteiger partial charge in [0.2, 0.25) is 5.91 Å². The van der Waals surface area contributed by atoms with Gasteiger partial charge in [0.15, 0.2) is 0 Å². The second kappa shape index (κ2) is 5.45. The largest absolute Gasteiger partial charge is 0.393 e. The lowest BCUT2D eigenvalue weighted by atomic mass is 10.1. The van der Waals surface area contributed by atoms with Gasteiger partial charge in [-0.1, -0.05) is 0 Å². The number of carbonyl (C=O) groups excluding carboxylic acids is 1. The standard InChI is InChI=1S/C9H16ClNO2/c10-4-3-9(13)11-6-7-1-2-8(12)5-7/h7-8,12H,1-6H2,(H,11,13). The van der Waals surface area contributed by atoms with Crippen molar-refractivity contribution in [2.45, 2.75) is 31.8 Å². The third-order valence-electron chi connectivity index (χ3n) is 2.42. The summed E-state index contributed by atoms with van der Waals surface area (Å²) in [6.45, 7) is 0.687. The van der Waals surface area contributed by atoms with Gasteiger partial charge in [-0.15, -0.1) is 11.6 Å². The molecule has 0 aromatic rings. The summed E-state index contributed by atoms with van der Waals surface area (Å²) in [6.07, 6.45) is 2.94. The lowest BCUT2D eigenvalue weighted by molar-refractivity contribution is -0.120. The topological polar surface area (TPSA) is 49.3 Å². The minimum atomic E-state index is -0.157. The first-order chi connectivity index (χ1) is 6.22. The monoisotopic (exact) mass is 205 g/mol. The molecule has 1 aliphatic carbocycles. The molecule has 1 rings (SSSR count). The zero-order valence-electron chi connectivity index (χ0n) is 7.63. The van der Waals surface area contributed by atoms with Crippen molar-refractivity contribution in [2.75, 3.05) is 12.4 Å². The van der Waals surface area contributed by atoms with Crippen LogP contribution < -0.4 is 5.32 Å². The second-order valence-electron chi connectivity index (χ2n) is 3.58. The summed E-state index contributed by atoms with van der Waals surface area (Å²) in [6, 6.07) is 0. The number of aliphatic hydroxyl groups excluding tert-OH is 1. The van der Waals surface area contributed by atoms with Crippen LogP contribution in [0.2, 0.25) is 0 Å². The number of rotatable bonds is 4. The number of carbonyl (C=O) groups is 1. The molecular weight excluding hydrogens is 190 g/mol. The van der Waals surface area contributed by atoms with Crippen LogP contribution in [0, 0.1) is 5.92 Å². The zero-order valence-corrected chi connectivity index (χ0v) is 8.39. The molecule has 2 unspecified atom stereocenters. The molecule has 1 aliphatic rings. The Morgan fingerprint density at radius 1 is 1.54 bits per heavy atom. The van der Waals surface area contributed by atoms with Crippen LogP contribution in [-0.4, -0.2) is 29.5 Å². The number of hydrogen-bond donors (Lipinski definition) is 2. The molecule has 3 nitrogen and oxygen atoms in total. The van der Waals surface area contributed by atoms with Gasteiger partial charge in [-0.05, 0) is 25.2 Å². The van der Waals surface area contributed by atoms with Crippen LogP contribution >= 0.6 is 11.6 Å². The molecule has 1 fully saturated rings. The van der Waals surface area contributed by atoms with Gasteiger partial charge in [-0.3, -0.25) is 4.79 Å². The van der Waals surface area contributed by atoms with Crippen LogP contribution in [0.25, 0.3) is 0 Å². The van der Waals surface area contributed by atoms with Crippen LogP contribution in [0.3, 0.4) is 0 Å². The van der Waals surface area contributed by atoms with Gasteiger partial charge in [0, 0.05) is 18.8 Å². The van der Waals surface area contributed by atoms with Crippen molar-refractivity contribution in [1.82, 2.24) is 5.32 Å². The highest BCUT2D eigenvalue weighted by molar-refractivity contribution is 6.18. The highest BCUT2D eigenvalue weighted by Crippen LogP contribution is 2.24. The van der Waals surface area contributed by atoms with E-state index in [4.69, 9.17) is 11.6 Å². The fourth-order valence-corrected chi connectivity index (χ4v) is 1.84. The van der Waals surface area contributed by atoms with Crippen LogP contribution in [0.1, 0.15) is 25.7 Å². The third kappa shape index (κ3) is 3.96. The maximum Gasteiger partial charge on any atom is 0.221 e. The van der Waals surface area contributed by atoms with Crippen molar-refractivity contribution in [1.29, 1.82) is 0 Å². The molecule has 1 saturated carbocycles. The second-order valence-corrected chi connectivity index (χ2v) is 3.95. The van der Waals surface area contributed by atoms with Gasteiger partial charge in [0.1, 0.15) is 0 Å². The van der Waals surface area contributed by atoms with E-state index in [1.165, 1.54) is 0 Å². The molecule has 0 bridgehead atoms. The SMILES string of the molecule is O=C(CCCl)NCC1CCC(O)C1. The predicted octanol–water partition coefficient (Wildman–Crippen LogP) is 0.892. The molecule has 13 heavy (non-hydrogen) atoms. The van der Waals surface area contributed by atoms with Gasteiger partial charge in [0.25, 0.3) is 0 Å². The van der Waals surface area contributed by atoms with Gasteiger partial charge in [-0.25, -0.2) is 0 Å². The van der Waals surface area contributed by atoms with E-state index in [-0.39, 0.29) is 12.0 Å². The minimum absolute atomic E-state index is 0.0105. The van der Waals surface area contributed by atoms with Gasteiger partial charge >= 0.3 is 0 Å². The molecule has 2 N–H and O–H groups in total. The maximum absolute atomic E-state index is 11.0. The molecule has 1 amide bonds. The first-order valence-corrected chi connectivity index (χ1v) is 5.26. The number of nitrogens with one attached hydrogen (secondary N) is 1. The summed E-state index contributed by atoms with van der Waals surface area (Å²) in [5.41, 5.74) is 0. The summed E-state index contributed by atoms with van der Waals surface area (Å²) in [5, 5.41) is 12.0. The molecule has 0 radical (unpaired) electrons. The summed E-state index contributed by atoms with van der Waals surface area (Å²) >= 11 is 5.41.